The van der Waals surface area contributed by atoms with Crippen LogP contribution in [0.2, 0.25) is 0 Å². The Morgan fingerprint density at radius 2 is 2.14 bits per heavy atom. The molecule has 22 heavy (non-hydrogen) atoms. The van der Waals surface area contributed by atoms with E-state index in [1.807, 2.05) is 30.3 Å². The molecule has 0 radical (unpaired) electrons. The van der Waals surface area contributed by atoms with Crippen LogP contribution in [0.5, 0.6) is 0 Å². The molecule has 0 aromatic heterocycles. The van der Waals surface area contributed by atoms with Crippen LogP contribution < -0.4 is 5.32 Å². The summed E-state index contributed by atoms with van der Waals surface area (Å²) < 4.78 is 10.5. The van der Waals surface area contributed by atoms with Crippen LogP contribution >= 0.6 is 0 Å². The topological polar surface area (TPSA) is 64.6 Å². The number of hydrogen-bond donors (Lipinski definition) is 1. The molecule has 1 saturated heterocycles. The molecule has 1 amide bonds. The molecular formula is C17H23NO4. The first-order valence-corrected chi connectivity index (χ1v) is 7.80. The summed E-state index contributed by atoms with van der Waals surface area (Å²) in [6.45, 7) is 2.76. The van der Waals surface area contributed by atoms with Crippen LogP contribution in [0.25, 0.3) is 0 Å². The van der Waals surface area contributed by atoms with Crippen molar-refractivity contribution < 1.29 is 19.1 Å². The summed E-state index contributed by atoms with van der Waals surface area (Å²) >= 11 is 0. The number of hydrogen-bond acceptors (Lipinski definition) is 4. The fourth-order valence-corrected chi connectivity index (χ4v) is 2.55. The van der Waals surface area contributed by atoms with E-state index in [1.165, 1.54) is 0 Å². The Bertz CT molecular complexity index is 483. The normalized spacial score (nSPS) is 18.7. The maximum atomic E-state index is 12.1. The van der Waals surface area contributed by atoms with Gasteiger partial charge in [0.05, 0.1) is 19.1 Å². The number of esters is 1. The van der Waals surface area contributed by atoms with Crippen molar-refractivity contribution in [1.82, 2.24) is 5.32 Å². The standard InChI is InChI=1S/C17H23NO4/c1-2-21-17(20)15(11-13-7-4-3-5-8-13)18-16(19)12-14-9-6-10-22-14/h3-5,7-8,14-15H,2,6,9-12H2,1H3,(H,18,19)/t14-,15-/m0/s1. The third-order valence-corrected chi connectivity index (χ3v) is 3.63. The molecule has 5 nitrogen and oxygen atoms in total. The smallest absolute Gasteiger partial charge is 0.328 e. The van der Waals surface area contributed by atoms with Gasteiger partial charge in [-0.1, -0.05) is 30.3 Å². The first kappa shape index (κ1) is 16.5. The number of nitrogens with one attached hydrogen (secondary N) is 1. The summed E-state index contributed by atoms with van der Waals surface area (Å²) in [6.07, 6.45) is 2.58. The highest BCUT2D eigenvalue weighted by atomic mass is 16.5. The molecule has 1 aliphatic heterocycles. The summed E-state index contributed by atoms with van der Waals surface area (Å²) in [6, 6.07) is 8.93. The lowest BCUT2D eigenvalue weighted by Gasteiger charge is -2.18. The molecular weight excluding hydrogens is 282 g/mol. The number of carbonyl (C=O) groups excluding carboxylic acids is 2. The van der Waals surface area contributed by atoms with Gasteiger partial charge in [0.1, 0.15) is 6.04 Å². The van der Waals surface area contributed by atoms with Crippen molar-refractivity contribution in [3.63, 3.8) is 0 Å². The first-order valence-electron chi connectivity index (χ1n) is 7.80. The van der Waals surface area contributed by atoms with E-state index in [2.05, 4.69) is 5.32 Å². The van der Waals surface area contributed by atoms with Gasteiger partial charge >= 0.3 is 5.97 Å². The fraction of sp³-hybridized carbons (Fsp3) is 0.529. The van der Waals surface area contributed by atoms with Crippen molar-refractivity contribution in [2.75, 3.05) is 13.2 Å². The Morgan fingerprint density at radius 1 is 1.36 bits per heavy atom. The van der Waals surface area contributed by atoms with Crippen molar-refractivity contribution in [1.29, 1.82) is 0 Å². The number of carbonyl (C=O) groups is 2. The highest BCUT2D eigenvalue weighted by Crippen LogP contribution is 2.15. The van der Waals surface area contributed by atoms with Gasteiger partial charge in [0, 0.05) is 13.0 Å². The van der Waals surface area contributed by atoms with E-state index in [4.69, 9.17) is 9.47 Å². The molecule has 0 aliphatic carbocycles. The molecule has 1 aromatic carbocycles. The Hall–Kier alpha value is -1.88. The maximum absolute atomic E-state index is 12.1. The molecule has 0 spiro atoms. The number of ether oxygens (including phenoxy) is 2. The van der Waals surface area contributed by atoms with Gasteiger partial charge in [-0.3, -0.25) is 4.79 Å². The lowest BCUT2D eigenvalue weighted by molar-refractivity contribution is -0.147. The largest absolute Gasteiger partial charge is 0.464 e. The monoisotopic (exact) mass is 305 g/mol. The minimum Gasteiger partial charge on any atom is -0.464 e. The van der Waals surface area contributed by atoms with Gasteiger partial charge < -0.3 is 14.8 Å². The zero-order valence-electron chi connectivity index (χ0n) is 12.9. The number of rotatable bonds is 7. The summed E-state index contributed by atoms with van der Waals surface area (Å²) in [7, 11) is 0. The Kier molecular flexibility index (Phi) is 6.40. The highest BCUT2D eigenvalue weighted by Gasteiger charge is 2.25. The van der Waals surface area contributed by atoms with Gasteiger partial charge in [0.15, 0.2) is 0 Å². The molecule has 0 bridgehead atoms. The third kappa shape index (κ3) is 5.15. The Labute approximate surface area is 131 Å². The van der Waals surface area contributed by atoms with Gasteiger partial charge in [-0.2, -0.15) is 0 Å². The van der Waals surface area contributed by atoms with Crippen LogP contribution in [-0.2, 0) is 25.5 Å². The van der Waals surface area contributed by atoms with E-state index in [1.54, 1.807) is 6.92 Å². The summed E-state index contributed by atoms with van der Waals surface area (Å²) in [5, 5.41) is 2.78. The van der Waals surface area contributed by atoms with E-state index in [9.17, 15) is 9.59 Å². The SMILES string of the molecule is CCOC(=O)[C@H](Cc1ccccc1)NC(=O)C[C@@H]1CCCO1. The van der Waals surface area contributed by atoms with Crippen LogP contribution in [0.3, 0.4) is 0 Å². The van der Waals surface area contributed by atoms with Crippen LogP contribution in [0.15, 0.2) is 30.3 Å². The van der Waals surface area contributed by atoms with E-state index < -0.39 is 12.0 Å². The first-order chi connectivity index (χ1) is 10.7. The Morgan fingerprint density at radius 3 is 2.77 bits per heavy atom. The molecule has 1 fully saturated rings. The van der Waals surface area contributed by atoms with Crippen molar-refractivity contribution in [2.45, 2.75) is 44.8 Å². The van der Waals surface area contributed by atoms with Crippen molar-refractivity contribution in [3.05, 3.63) is 35.9 Å². The highest BCUT2D eigenvalue weighted by molar-refractivity contribution is 5.85. The van der Waals surface area contributed by atoms with Gasteiger partial charge in [-0.05, 0) is 25.3 Å². The molecule has 5 heteroatoms. The van der Waals surface area contributed by atoms with E-state index in [0.717, 1.165) is 18.4 Å². The number of benzene rings is 1. The second-order valence-corrected chi connectivity index (χ2v) is 5.40. The van der Waals surface area contributed by atoms with Crippen LogP contribution in [0.4, 0.5) is 0 Å². The lowest BCUT2D eigenvalue weighted by Crippen LogP contribution is -2.44. The van der Waals surface area contributed by atoms with E-state index >= 15 is 0 Å². The Balaban J connectivity index is 1.94. The molecule has 1 heterocycles. The molecule has 120 valence electrons. The molecule has 1 N–H and O–H groups in total. The van der Waals surface area contributed by atoms with Gasteiger partial charge in [-0.25, -0.2) is 4.79 Å². The predicted octanol–water partition coefficient (Wildman–Crippen LogP) is 1.85. The number of amides is 1. The fourth-order valence-electron chi connectivity index (χ4n) is 2.55. The zero-order chi connectivity index (χ0) is 15.8. The zero-order valence-corrected chi connectivity index (χ0v) is 12.9. The van der Waals surface area contributed by atoms with Crippen molar-refractivity contribution >= 4 is 11.9 Å². The van der Waals surface area contributed by atoms with Gasteiger partial charge in [-0.15, -0.1) is 0 Å². The van der Waals surface area contributed by atoms with Crippen LogP contribution in [0.1, 0.15) is 31.7 Å². The summed E-state index contributed by atoms with van der Waals surface area (Å²) in [4.78, 5) is 24.2. The average molecular weight is 305 g/mol. The minimum atomic E-state index is -0.656. The van der Waals surface area contributed by atoms with Crippen LogP contribution in [0, 0.1) is 0 Å². The second kappa shape index (κ2) is 8.54. The quantitative estimate of drug-likeness (QED) is 0.781. The second-order valence-electron chi connectivity index (χ2n) is 5.40. The van der Waals surface area contributed by atoms with Crippen molar-refractivity contribution in [3.8, 4) is 0 Å². The van der Waals surface area contributed by atoms with Gasteiger partial charge in [0.2, 0.25) is 5.91 Å². The minimum absolute atomic E-state index is 0.0282. The lowest BCUT2D eigenvalue weighted by atomic mass is 10.1. The average Bonchev–Trinajstić information content (AvgIpc) is 3.00. The molecule has 2 rings (SSSR count). The third-order valence-electron chi connectivity index (χ3n) is 3.63. The van der Waals surface area contributed by atoms with Crippen LogP contribution in [-0.4, -0.2) is 37.2 Å². The molecule has 1 aromatic rings. The van der Waals surface area contributed by atoms with Crippen molar-refractivity contribution in [2.24, 2.45) is 0 Å². The van der Waals surface area contributed by atoms with E-state index in [-0.39, 0.29) is 12.0 Å². The molecule has 1 aliphatic rings. The summed E-state index contributed by atoms with van der Waals surface area (Å²) in [5.41, 5.74) is 0.984. The maximum Gasteiger partial charge on any atom is 0.328 e. The molecule has 0 saturated carbocycles. The van der Waals surface area contributed by atoms with Gasteiger partial charge in [0.25, 0.3) is 0 Å². The molecule has 2 atom stereocenters. The van der Waals surface area contributed by atoms with E-state index in [0.29, 0.717) is 26.1 Å². The predicted molar refractivity (Wildman–Crippen MR) is 82.3 cm³/mol. The summed E-state index contributed by atoms with van der Waals surface area (Å²) in [5.74, 6) is -0.562. The molecule has 0 unspecified atom stereocenters.